The standard InChI is InChI=1S/C15H11Cl2NO2/c1-10(11-6-8-12(16)9-7-11)18-20-15(19)13-4-2-3-5-14(13)17/h2-9H,1H3/b18-10-. The topological polar surface area (TPSA) is 38.7 Å². The Bertz CT molecular complexity index is 651. The van der Waals surface area contributed by atoms with Gasteiger partial charge in [0.25, 0.3) is 0 Å². The quantitative estimate of drug-likeness (QED) is 0.473. The average molecular weight is 308 g/mol. The lowest BCUT2D eigenvalue weighted by Gasteiger charge is -2.03. The first-order valence-corrected chi connectivity index (χ1v) is 6.60. The van der Waals surface area contributed by atoms with Gasteiger partial charge in [-0.15, -0.1) is 0 Å². The lowest BCUT2D eigenvalue weighted by molar-refractivity contribution is 0.0516. The molecule has 3 nitrogen and oxygen atoms in total. The van der Waals surface area contributed by atoms with Gasteiger partial charge in [0.05, 0.1) is 16.3 Å². The van der Waals surface area contributed by atoms with Crippen LogP contribution in [0.3, 0.4) is 0 Å². The molecule has 0 aliphatic carbocycles. The summed E-state index contributed by atoms with van der Waals surface area (Å²) in [5.74, 6) is -0.594. The van der Waals surface area contributed by atoms with Gasteiger partial charge in [0.1, 0.15) is 0 Å². The second-order valence-corrected chi connectivity index (χ2v) is 4.89. The Morgan fingerprint density at radius 1 is 1.05 bits per heavy atom. The van der Waals surface area contributed by atoms with Gasteiger partial charge in [-0.1, -0.05) is 52.6 Å². The first-order valence-electron chi connectivity index (χ1n) is 5.84. The van der Waals surface area contributed by atoms with E-state index in [4.69, 9.17) is 28.0 Å². The Kier molecular flexibility index (Phi) is 4.77. The van der Waals surface area contributed by atoms with Crippen LogP contribution in [0.4, 0.5) is 0 Å². The molecule has 0 fully saturated rings. The maximum atomic E-state index is 11.8. The third kappa shape index (κ3) is 3.59. The third-order valence-electron chi connectivity index (χ3n) is 2.62. The van der Waals surface area contributed by atoms with Crippen molar-refractivity contribution in [2.24, 2.45) is 5.16 Å². The lowest BCUT2D eigenvalue weighted by atomic mass is 10.1. The molecule has 0 atom stereocenters. The summed E-state index contributed by atoms with van der Waals surface area (Å²) >= 11 is 11.7. The minimum absolute atomic E-state index is 0.279. The van der Waals surface area contributed by atoms with Crippen molar-refractivity contribution in [3.05, 3.63) is 69.7 Å². The normalized spacial score (nSPS) is 11.2. The van der Waals surface area contributed by atoms with Gasteiger partial charge in [0.2, 0.25) is 0 Å². The molecular weight excluding hydrogens is 297 g/mol. The molecule has 0 saturated heterocycles. The van der Waals surface area contributed by atoms with Gasteiger partial charge >= 0.3 is 5.97 Å². The molecule has 20 heavy (non-hydrogen) atoms. The smallest absolute Gasteiger partial charge is 0.312 e. The lowest BCUT2D eigenvalue weighted by Crippen LogP contribution is -2.04. The largest absolute Gasteiger partial charge is 0.367 e. The van der Waals surface area contributed by atoms with Crippen molar-refractivity contribution >= 4 is 34.9 Å². The molecule has 0 heterocycles. The van der Waals surface area contributed by atoms with Crippen molar-refractivity contribution in [3.63, 3.8) is 0 Å². The van der Waals surface area contributed by atoms with E-state index < -0.39 is 5.97 Å². The minimum atomic E-state index is -0.594. The second-order valence-electron chi connectivity index (χ2n) is 4.04. The van der Waals surface area contributed by atoms with Gasteiger partial charge in [-0.2, -0.15) is 0 Å². The first-order chi connectivity index (χ1) is 9.58. The zero-order valence-corrected chi connectivity index (χ0v) is 12.2. The molecule has 0 aliphatic rings. The highest BCUT2D eigenvalue weighted by molar-refractivity contribution is 6.33. The molecular formula is C15H11Cl2NO2. The summed E-state index contributed by atoms with van der Waals surface area (Å²) in [5, 5.41) is 4.77. The maximum Gasteiger partial charge on any atom is 0.367 e. The molecule has 0 N–H and O–H groups in total. The number of hydrogen-bond acceptors (Lipinski definition) is 3. The van der Waals surface area contributed by atoms with Crippen LogP contribution in [0.5, 0.6) is 0 Å². The zero-order valence-electron chi connectivity index (χ0n) is 10.6. The van der Waals surface area contributed by atoms with Gasteiger partial charge in [-0.05, 0) is 36.8 Å². The van der Waals surface area contributed by atoms with E-state index in [1.807, 2.05) is 0 Å². The molecule has 0 aromatic heterocycles. The predicted molar refractivity (Wildman–Crippen MR) is 80.5 cm³/mol. The molecule has 2 aromatic rings. The summed E-state index contributed by atoms with van der Waals surface area (Å²) in [4.78, 5) is 16.7. The van der Waals surface area contributed by atoms with Crippen molar-refractivity contribution < 1.29 is 9.63 Å². The number of benzene rings is 2. The molecule has 0 spiro atoms. The van der Waals surface area contributed by atoms with Gasteiger partial charge in [0.15, 0.2) is 0 Å². The van der Waals surface area contributed by atoms with Crippen LogP contribution in [0.15, 0.2) is 53.7 Å². The third-order valence-corrected chi connectivity index (χ3v) is 3.20. The van der Waals surface area contributed by atoms with Crippen LogP contribution in [0, 0.1) is 0 Å². The molecule has 2 aromatic carbocycles. The summed E-state index contributed by atoms with van der Waals surface area (Å²) in [5.41, 5.74) is 1.67. The summed E-state index contributed by atoms with van der Waals surface area (Å²) in [6, 6.07) is 13.7. The molecule has 0 bridgehead atoms. The number of halogens is 2. The Balaban J connectivity index is 2.11. The molecule has 0 unspecified atom stereocenters. The second kappa shape index (κ2) is 6.55. The van der Waals surface area contributed by atoms with Gasteiger partial charge in [0, 0.05) is 5.02 Å². The fourth-order valence-corrected chi connectivity index (χ4v) is 1.87. The fraction of sp³-hybridized carbons (Fsp3) is 0.0667. The highest BCUT2D eigenvalue weighted by atomic mass is 35.5. The van der Waals surface area contributed by atoms with E-state index in [1.54, 1.807) is 55.5 Å². The minimum Gasteiger partial charge on any atom is -0.312 e. The Hall–Kier alpha value is -1.84. The highest BCUT2D eigenvalue weighted by Gasteiger charge is 2.11. The monoisotopic (exact) mass is 307 g/mol. The zero-order chi connectivity index (χ0) is 14.5. The molecule has 0 amide bonds. The summed E-state index contributed by atoms with van der Waals surface area (Å²) in [7, 11) is 0. The van der Waals surface area contributed by atoms with E-state index in [0.29, 0.717) is 15.8 Å². The molecule has 0 radical (unpaired) electrons. The van der Waals surface area contributed by atoms with E-state index in [-0.39, 0.29) is 5.56 Å². The van der Waals surface area contributed by atoms with E-state index in [1.165, 1.54) is 0 Å². The van der Waals surface area contributed by atoms with Crippen LogP contribution in [0.1, 0.15) is 22.8 Å². The Labute approximate surface area is 126 Å². The van der Waals surface area contributed by atoms with E-state index in [2.05, 4.69) is 5.16 Å². The number of carbonyl (C=O) groups is 1. The van der Waals surface area contributed by atoms with Crippen molar-refractivity contribution in [1.29, 1.82) is 0 Å². The van der Waals surface area contributed by atoms with Crippen LogP contribution < -0.4 is 0 Å². The Morgan fingerprint density at radius 3 is 2.35 bits per heavy atom. The molecule has 0 aliphatic heterocycles. The highest BCUT2D eigenvalue weighted by Crippen LogP contribution is 2.16. The number of rotatable bonds is 3. The number of hydrogen-bond donors (Lipinski definition) is 0. The van der Waals surface area contributed by atoms with Crippen molar-refractivity contribution in [2.75, 3.05) is 0 Å². The summed E-state index contributed by atoms with van der Waals surface area (Å²) < 4.78 is 0. The van der Waals surface area contributed by atoms with E-state index >= 15 is 0 Å². The van der Waals surface area contributed by atoms with Crippen LogP contribution in [-0.2, 0) is 4.84 Å². The molecule has 2 rings (SSSR count). The van der Waals surface area contributed by atoms with Gasteiger partial charge in [-0.25, -0.2) is 4.79 Å². The number of oxime groups is 1. The van der Waals surface area contributed by atoms with Crippen LogP contribution in [0.25, 0.3) is 0 Å². The number of carbonyl (C=O) groups excluding carboxylic acids is 1. The van der Waals surface area contributed by atoms with Gasteiger partial charge < -0.3 is 4.84 Å². The number of nitrogens with zero attached hydrogens (tertiary/aromatic N) is 1. The van der Waals surface area contributed by atoms with Crippen LogP contribution in [-0.4, -0.2) is 11.7 Å². The Morgan fingerprint density at radius 2 is 1.70 bits per heavy atom. The molecule has 102 valence electrons. The van der Waals surface area contributed by atoms with Crippen molar-refractivity contribution in [3.8, 4) is 0 Å². The summed E-state index contributed by atoms with van der Waals surface area (Å²) in [6.07, 6.45) is 0. The fourth-order valence-electron chi connectivity index (χ4n) is 1.53. The predicted octanol–water partition coefficient (Wildman–Crippen LogP) is 4.57. The van der Waals surface area contributed by atoms with Crippen molar-refractivity contribution in [1.82, 2.24) is 0 Å². The van der Waals surface area contributed by atoms with E-state index in [9.17, 15) is 4.79 Å². The SMILES string of the molecule is C/C(=N/OC(=O)c1ccccc1Cl)c1ccc(Cl)cc1. The molecule has 5 heteroatoms. The van der Waals surface area contributed by atoms with Crippen LogP contribution >= 0.6 is 23.2 Å². The molecule has 0 saturated carbocycles. The average Bonchev–Trinajstić information content (AvgIpc) is 2.45. The van der Waals surface area contributed by atoms with Gasteiger partial charge in [-0.3, -0.25) is 0 Å². The maximum absolute atomic E-state index is 11.8. The summed E-state index contributed by atoms with van der Waals surface area (Å²) in [6.45, 7) is 1.74. The van der Waals surface area contributed by atoms with Crippen molar-refractivity contribution in [2.45, 2.75) is 6.92 Å². The van der Waals surface area contributed by atoms with E-state index in [0.717, 1.165) is 5.56 Å². The van der Waals surface area contributed by atoms with Crippen LogP contribution in [0.2, 0.25) is 10.0 Å². The first kappa shape index (κ1) is 14.6.